The van der Waals surface area contributed by atoms with Crippen molar-refractivity contribution in [2.24, 2.45) is 0 Å². The number of aryl methyl sites for hydroxylation is 2. The van der Waals surface area contributed by atoms with Crippen molar-refractivity contribution in [3.8, 4) is 17.2 Å². The number of ether oxygens (including phenoxy) is 3. The number of aromatic nitrogens is 2. The molecule has 0 aliphatic carbocycles. The summed E-state index contributed by atoms with van der Waals surface area (Å²) in [6.07, 6.45) is 3.53. The van der Waals surface area contributed by atoms with Gasteiger partial charge in [-0.25, -0.2) is 4.98 Å². The normalized spacial score (nSPS) is 10.9. The van der Waals surface area contributed by atoms with Crippen molar-refractivity contribution in [3.63, 3.8) is 0 Å². The molecule has 0 saturated carbocycles. The van der Waals surface area contributed by atoms with E-state index in [9.17, 15) is 0 Å². The quantitative estimate of drug-likeness (QED) is 0.192. The fraction of sp³-hybridized carbons (Fsp3) is 0.276. The predicted molar refractivity (Wildman–Crippen MR) is 137 cm³/mol. The molecule has 3 aromatic carbocycles. The van der Waals surface area contributed by atoms with E-state index in [0.29, 0.717) is 24.7 Å². The molecule has 0 unspecified atom stereocenters. The molecule has 34 heavy (non-hydrogen) atoms. The molecule has 0 fully saturated rings. The number of rotatable bonds is 11. The summed E-state index contributed by atoms with van der Waals surface area (Å²) in [5, 5.41) is 0. The van der Waals surface area contributed by atoms with Crippen LogP contribution in [0.3, 0.4) is 0 Å². The Balaban J connectivity index is 1.47. The summed E-state index contributed by atoms with van der Waals surface area (Å²) in [6.45, 7) is 9.78. The SMILES string of the molecule is C=CCc1ccc(OCc2nc3ccccc3n2CCCOc2cccc(C)c2C)c(OC)c1. The van der Waals surface area contributed by atoms with Gasteiger partial charge in [-0.05, 0) is 73.7 Å². The van der Waals surface area contributed by atoms with E-state index in [4.69, 9.17) is 19.2 Å². The molecule has 0 saturated heterocycles. The minimum absolute atomic E-state index is 0.351. The van der Waals surface area contributed by atoms with Gasteiger partial charge in [-0.1, -0.05) is 36.4 Å². The van der Waals surface area contributed by atoms with Gasteiger partial charge in [0.1, 0.15) is 18.2 Å². The first-order valence-corrected chi connectivity index (χ1v) is 11.6. The van der Waals surface area contributed by atoms with Gasteiger partial charge >= 0.3 is 0 Å². The minimum Gasteiger partial charge on any atom is -0.493 e. The van der Waals surface area contributed by atoms with Crippen molar-refractivity contribution >= 4 is 11.0 Å². The molecule has 0 radical (unpaired) electrons. The summed E-state index contributed by atoms with van der Waals surface area (Å²) in [5.74, 6) is 3.24. The molecule has 5 heteroatoms. The highest BCUT2D eigenvalue weighted by Gasteiger charge is 2.13. The summed E-state index contributed by atoms with van der Waals surface area (Å²) in [5.41, 5.74) is 5.63. The maximum absolute atomic E-state index is 6.16. The van der Waals surface area contributed by atoms with Crippen LogP contribution in [0.4, 0.5) is 0 Å². The maximum atomic E-state index is 6.16. The second-order valence-corrected chi connectivity index (χ2v) is 8.34. The number of para-hydroxylation sites is 2. The first-order valence-electron chi connectivity index (χ1n) is 11.6. The van der Waals surface area contributed by atoms with Crippen molar-refractivity contribution in [1.29, 1.82) is 0 Å². The average Bonchev–Trinajstić information content (AvgIpc) is 3.21. The Kier molecular flexibility index (Phi) is 7.53. The van der Waals surface area contributed by atoms with E-state index in [1.807, 2.05) is 54.6 Å². The second-order valence-electron chi connectivity index (χ2n) is 8.34. The van der Waals surface area contributed by atoms with Crippen LogP contribution < -0.4 is 14.2 Å². The van der Waals surface area contributed by atoms with E-state index in [1.54, 1.807) is 7.11 Å². The third-order valence-electron chi connectivity index (χ3n) is 6.04. The Hall–Kier alpha value is -3.73. The highest BCUT2D eigenvalue weighted by Crippen LogP contribution is 2.29. The van der Waals surface area contributed by atoms with Gasteiger partial charge in [-0.3, -0.25) is 0 Å². The van der Waals surface area contributed by atoms with Gasteiger partial charge in [-0.15, -0.1) is 6.58 Å². The summed E-state index contributed by atoms with van der Waals surface area (Å²) in [7, 11) is 1.66. The maximum Gasteiger partial charge on any atom is 0.161 e. The third-order valence-corrected chi connectivity index (χ3v) is 6.04. The summed E-state index contributed by atoms with van der Waals surface area (Å²) in [6, 6.07) is 20.3. The summed E-state index contributed by atoms with van der Waals surface area (Å²) >= 11 is 0. The molecule has 0 spiro atoms. The molecule has 0 atom stereocenters. The highest BCUT2D eigenvalue weighted by molar-refractivity contribution is 5.75. The number of hydrogen-bond acceptors (Lipinski definition) is 4. The summed E-state index contributed by atoms with van der Waals surface area (Å²) < 4.78 is 20.0. The van der Waals surface area contributed by atoms with Gasteiger partial charge in [-0.2, -0.15) is 0 Å². The molecule has 0 amide bonds. The molecular weight excluding hydrogens is 424 g/mol. The summed E-state index contributed by atoms with van der Waals surface area (Å²) in [4.78, 5) is 4.84. The largest absolute Gasteiger partial charge is 0.493 e. The molecule has 1 heterocycles. The van der Waals surface area contributed by atoms with Gasteiger partial charge < -0.3 is 18.8 Å². The smallest absolute Gasteiger partial charge is 0.161 e. The zero-order valence-corrected chi connectivity index (χ0v) is 20.2. The van der Waals surface area contributed by atoms with Crippen LogP contribution in [-0.2, 0) is 19.6 Å². The number of nitrogens with zero attached hydrogens (tertiary/aromatic N) is 2. The fourth-order valence-electron chi connectivity index (χ4n) is 4.04. The van der Waals surface area contributed by atoms with Crippen LogP contribution in [0.2, 0.25) is 0 Å². The second kappa shape index (κ2) is 10.9. The number of hydrogen-bond donors (Lipinski definition) is 0. The van der Waals surface area contributed by atoms with E-state index >= 15 is 0 Å². The Morgan fingerprint density at radius 2 is 1.79 bits per heavy atom. The Labute approximate surface area is 201 Å². The van der Waals surface area contributed by atoms with Gasteiger partial charge in [0.05, 0.1) is 24.8 Å². The van der Waals surface area contributed by atoms with Crippen LogP contribution in [0.1, 0.15) is 28.9 Å². The number of methoxy groups -OCH3 is 1. The van der Waals surface area contributed by atoms with Crippen LogP contribution in [0.25, 0.3) is 11.0 Å². The monoisotopic (exact) mass is 456 g/mol. The Morgan fingerprint density at radius 3 is 2.62 bits per heavy atom. The van der Waals surface area contributed by atoms with E-state index in [-0.39, 0.29) is 0 Å². The fourth-order valence-corrected chi connectivity index (χ4v) is 4.04. The van der Waals surface area contributed by atoms with Crippen LogP contribution >= 0.6 is 0 Å². The molecule has 4 aromatic rings. The van der Waals surface area contributed by atoms with Crippen molar-refractivity contribution in [1.82, 2.24) is 9.55 Å². The van der Waals surface area contributed by atoms with Crippen molar-refractivity contribution in [3.05, 3.63) is 95.8 Å². The van der Waals surface area contributed by atoms with Crippen LogP contribution in [0.5, 0.6) is 17.2 Å². The number of imidazole rings is 1. The van der Waals surface area contributed by atoms with Crippen molar-refractivity contribution in [2.45, 2.75) is 39.8 Å². The third kappa shape index (κ3) is 5.25. The van der Waals surface area contributed by atoms with E-state index in [0.717, 1.165) is 47.6 Å². The molecular formula is C29H32N2O3. The van der Waals surface area contributed by atoms with E-state index in [2.05, 4.69) is 37.1 Å². The lowest BCUT2D eigenvalue weighted by molar-refractivity contribution is 0.267. The lowest BCUT2D eigenvalue weighted by Crippen LogP contribution is -2.10. The van der Waals surface area contributed by atoms with Gasteiger partial charge in [0, 0.05) is 6.54 Å². The minimum atomic E-state index is 0.351. The number of fused-ring (bicyclic) bond motifs is 1. The van der Waals surface area contributed by atoms with Crippen LogP contribution in [0.15, 0.2) is 73.3 Å². The van der Waals surface area contributed by atoms with Gasteiger partial charge in [0.25, 0.3) is 0 Å². The Bertz CT molecular complexity index is 1280. The molecule has 4 rings (SSSR count). The zero-order valence-electron chi connectivity index (χ0n) is 20.2. The molecule has 0 bridgehead atoms. The molecule has 0 aliphatic rings. The van der Waals surface area contributed by atoms with Gasteiger partial charge in [0.2, 0.25) is 0 Å². The van der Waals surface area contributed by atoms with Crippen LogP contribution in [0, 0.1) is 13.8 Å². The highest BCUT2D eigenvalue weighted by atomic mass is 16.5. The Morgan fingerprint density at radius 1 is 0.941 bits per heavy atom. The van der Waals surface area contributed by atoms with Crippen molar-refractivity contribution < 1.29 is 14.2 Å². The predicted octanol–water partition coefficient (Wildman–Crippen LogP) is 6.44. The van der Waals surface area contributed by atoms with Crippen LogP contribution in [-0.4, -0.2) is 23.3 Å². The average molecular weight is 457 g/mol. The zero-order chi connectivity index (χ0) is 23.9. The number of allylic oxidation sites excluding steroid dienone is 1. The topological polar surface area (TPSA) is 45.5 Å². The standard InChI is InChI=1S/C29H32N2O3/c1-5-10-23-15-16-27(28(19-23)32-4)34-20-29-30-24-12-6-7-13-25(24)31(29)17-9-18-33-26-14-8-11-21(2)22(26)3/h5-8,11-16,19H,1,9-10,17-18,20H2,2-4H3. The van der Waals surface area contributed by atoms with E-state index in [1.165, 1.54) is 11.1 Å². The molecule has 5 nitrogen and oxygen atoms in total. The lowest BCUT2D eigenvalue weighted by atomic mass is 10.1. The van der Waals surface area contributed by atoms with Gasteiger partial charge in [0.15, 0.2) is 11.5 Å². The number of benzene rings is 3. The lowest BCUT2D eigenvalue weighted by Gasteiger charge is -2.14. The van der Waals surface area contributed by atoms with E-state index < -0.39 is 0 Å². The molecule has 0 aliphatic heterocycles. The molecule has 176 valence electrons. The van der Waals surface area contributed by atoms with Crippen molar-refractivity contribution in [2.75, 3.05) is 13.7 Å². The first-order chi connectivity index (χ1) is 16.6. The molecule has 1 aromatic heterocycles. The first kappa shape index (κ1) is 23.4. The molecule has 0 N–H and O–H groups in total.